The van der Waals surface area contributed by atoms with Crippen LogP contribution in [0.2, 0.25) is 0 Å². The van der Waals surface area contributed by atoms with Gasteiger partial charge in [-0.3, -0.25) is 0 Å². The number of sulfonamides is 1. The number of nitrogens with two attached hydrogens (primary N) is 1. The van der Waals surface area contributed by atoms with Crippen LogP contribution >= 0.6 is 0 Å². The number of anilines is 1. The Morgan fingerprint density at radius 3 is 2.74 bits per heavy atom. The van der Waals surface area contributed by atoms with Gasteiger partial charge in [0.15, 0.2) is 0 Å². The van der Waals surface area contributed by atoms with E-state index in [9.17, 15) is 12.8 Å². The van der Waals surface area contributed by atoms with Crippen molar-refractivity contribution in [3.05, 3.63) is 36.2 Å². The molecule has 0 saturated heterocycles. The molecular weight excluding hydrogens is 267 g/mol. The van der Waals surface area contributed by atoms with Gasteiger partial charge in [-0.15, -0.1) is 0 Å². The predicted octanol–water partition coefficient (Wildman–Crippen LogP) is 2.04. The quantitative estimate of drug-likeness (QED) is 0.656. The van der Waals surface area contributed by atoms with Gasteiger partial charge in [0, 0.05) is 12.2 Å². The fraction of sp³-hybridized carbons (Fsp3) is 0.385. The number of nitrogens with one attached hydrogen (secondary N) is 1. The number of rotatable bonds is 4. The van der Waals surface area contributed by atoms with Crippen molar-refractivity contribution in [2.75, 3.05) is 12.3 Å². The van der Waals surface area contributed by atoms with Crippen LogP contribution < -0.4 is 10.5 Å². The van der Waals surface area contributed by atoms with Gasteiger partial charge in [-0.05, 0) is 43.4 Å². The number of hydrogen-bond donors (Lipinski definition) is 2. The summed E-state index contributed by atoms with van der Waals surface area (Å²) in [5.74, 6) is -0.355. The SMILES string of the molecule is Nc1cc(F)cc(S(=O)(=O)NCC2CC=CCC2)c1. The molecule has 0 aromatic heterocycles. The second-order valence-electron chi connectivity index (χ2n) is 4.72. The van der Waals surface area contributed by atoms with Crippen LogP contribution in [-0.2, 0) is 10.0 Å². The molecule has 0 aliphatic heterocycles. The molecular formula is C13H17FN2O2S. The van der Waals surface area contributed by atoms with Gasteiger partial charge in [0.05, 0.1) is 4.90 Å². The molecule has 0 fully saturated rings. The van der Waals surface area contributed by atoms with Crippen LogP contribution in [0.4, 0.5) is 10.1 Å². The first-order valence-corrected chi connectivity index (χ1v) is 7.66. The van der Waals surface area contributed by atoms with Crippen LogP contribution in [0.5, 0.6) is 0 Å². The number of benzene rings is 1. The maximum atomic E-state index is 13.2. The Morgan fingerprint density at radius 2 is 2.11 bits per heavy atom. The van der Waals surface area contributed by atoms with E-state index < -0.39 is 15.8 Å². The average Bonchev–Trinajstić information content (AvgIpc) is 2.37. The third-order valence-electron chi connectivity index (χ3n) is 3.14. The zero-order chi connectivity index (χ0) is 13.9. The van der Waals surface area contributed by atoms with Gasteiger partial charge in [0.2, 0.25) is 10.0 Å². The van der Waals surface area contributed by atoms with E-state index in [-0.39, 0.29) is 10.6 Å². The second kappa shape index (κ2) is 5.71. The number of nitrogen functional groups attached to an aromatic ring is 1. The van der Waals surface area contributed by atoms with Gasteiger partial charge < -0.3 is 5.73 Å². The fourth-order valence-electron chi connectivity index (χ4n) is 2.09. The van der Waals surface area contributed by atoms with Crippen LogP contribution in [0.3, 0.4) is 0 Å². The average molecular weight is 284 g/mol. The summed E-state index contributed by atoms with van der Waals surface area (Å²) in [5, 5.41) is 0. The number of hydrogen-bond acceptors (Lipinski definition) is 3. The Kier molecular flexibility index (Phi) is 4.21. The molecule has 1 aliphatic carbocycles. The lowest BCUT2D eigenvalue weighted by molar-refractivity contribution is 0.468. The molecule has 2 rings (SSSR count). The van der Waals surface area contributed by atoms with Crippen molar-refractivity contribution < 1.29 is 12.8 Å². The lowest BCUT2D eigenvalue weighted by Crippen LogP contribution is -2.30. The summed E-state index contributed by atoms with van der Waals surface area (Å²) in [6, 6.07) is 3.32. The fourth-order valence-corrected chi connectivity index (χ4v) is 3.27. The van der Waals surface area contributed by atoms with E-state index in [1.54, 1.807) is 0 Å². The molecule has 19 heavy (non-hydrogen) atoms. The summed E-state index contributed by atoms with van der Waals surface area (Å²) < 4.78 is 39.7. The minimum absolute atomic E-state index is 0.0981. The van der Waals surface area contributed by atoms with Gasteiger partial charge >= 0.3 is 0 Å². The molecule has 104 valence electrons. The highest BCUT2D eigenvalue weighted by molar-refractivity contribution is 7.89. The molecule has 0 amide bonds. The largest absolute Gasteiger partial charge is 0.399 e. The first-order chi connectivity index (χ1) is 8.97. The maximum absolute atomic E-state index is 13.2. The van der Waals surface area contributed by atoms with E-state index in [0.29, 0.717) is 12.5 Å². The Bertz CT molecular complexity index is 564. The van der Waals surface area contributed by atoms with Gasteiger partial charge in [-0.25, -0.2) is 17.5 Å². The van der Waals surface area contributed by atoms with E-state index in [1.165, 1.54) is 6.07 Å². The summed E-state index contributed by atoms with van der Waals surface area (Å²) in [7, 11) is -3.70. The molecule has 1 aromatic rings. The van der Waals surface area contributed by atoms with Crippen LogP contribution in [0.1, 0.15) is 19.3 Å². The third-order valence-corrected chi connectivity index (χ3v) is 4.55. The minimum atomic E-state index is -3.70. The van der Waals surface area contributed by atoms with Gasteiger partial charge in [-0.2, -0.15) is 0 Å². The Morgan fingerprint density at radius 1 is 1.32 bits per heavy atom. The van der Waals surface area contributed by atoms with Crippen LogP contribution in [0, 0.1) is 11.7 Å². The van der Waals surface area contributed by atoms with Crippen molar-refractivity contribution in [2.24, 2.45) is 5.92 Å². The molecule has 1 aromatic carbocycles. The number of allylic oxidation sites excluding steroid dienone is 2. The minimum Gasteiger partial charge on any atom is -0.399 e. The van der Waals surface area contributed by atoms with Crippen molar-refractivity contribution in [3.63, 3.8) is 0 Å². The van der Waals surface area contributed by atoms with Crippen LogP contribution in [0.15, 0.2) is 35.2 Å². The topological polar surface area (TPSA) is 72.2 Å². The number of halogens is 1. The standard InChI is InChI=1S/C13H17FN2O2S/c14-11-6-12(15)8-13(7-11)19(17,18)16-9-10-4-2-1-3-5-10/h1-2,6-8,10,16H,3-5,9,15H2. The molecule has 0 heterocycles. The highest BCUT2D eigenvalue weighted by Crippen LogP contribution is 2.19. The zero-order valence-electron chi connectivity index (χ0n) is 10.5. The second-order valence-corrected chi connectivity index (χ2v) is 6.49. The molecule has 1 unspecified atom stereocenters. The molecule has 0 spiro atoms. The zero-order valence-corrected chi connectivity index (χ0v) is 11.3. The molecule has 1 atom stereocenters. The molecule has 0 bridgehead atoms. The summed E-state index contributed by atoms with van der Waals surface area (Å²) in [6.45, 7) is 0.364. The van der Waals surface area contributed by atoms with E-state index in [4.69, 9.17) is 5.73 Å². The van der Waals surface area contributed by atoms with E-state index in [1.807, 2.05) is 0 Å². The van der Waals surface area contributed by atoms with Crippen LogP contribution in [-0.4, -0.2) is 15.0 Å². The maximum Gasteiger partial charge on any atom is 0.240 e. The van der Waals surface area contributed by atoms with E-state index in [2.05, 4.69) is 16.9 Å². The summed E-state index contributed by atoms with van der Waals surface area (Å²) in [6.07, 6.45) is 6.96. The molecule has 0 radical (unpaired) electrons. The summed E-state index contributed by atoms with van der Waals surface area (Å²) >= 11 is 0. The monoisotopic (exact) mass is 284 g/mol. The summed E-state index contributed by atoms with van der Waals surface area (Å²) in [4.78, 5) is -0.128. The third kappa shape index (κ3) is 3.78. The molecule has 0 saturated carbocycles. The lowest BCUT2D eigenvalue weighted by atomic mass is 9.95. The molecule has 6 heteroatoms. The van der Waals surface area contributed by atoms with Crippen molar-refractivity contribution in [2.45, 2.75) is 24.2 Å². The predicted molar refractivity (Wildman–Crippen MR) is 72.5 cm³/mol. The van der Waals surface area contributed by atoms with Gasteiger partial charge in [-0.1, -0.05) is 12.2 Å². The van der Waals surface area contributed by atoms with E-state index in [0.717, 1.165) is 31.4 Å². The van der Waals surface area contributed by atoms with Crippen LogP contribution in [0.25, 0.3) is 0 Å². The first kappa shape index (κ1) is 14.0. The van der Waals surface area contributed by atoms with Crippen molar-refractivity contribution in [1.29, 1.82) is 0 Å². The lowest BCUT2D eigenvalue weighted by Gasteiger charge is -2.18. The highest BCUT2D eigenvalue weighted by atomic mass is 32.2. The molecule has 4 nitrogen and oxygen atoms in total. The normalized spacial score (nSPS) is 19.5. The smallest absolute Gasteiger partial charge is 0.240 e. The van der Waals surface area contributed by atoms with E-state index >= 15 is 0 Å². The highest BCUT2D eigenvalue weighted by Gasteiger charge is 2.18. The molecule has 1 aliphatic rings. The van der Waals surface area contributed by atoms with Crippen molar-refractivity contribution in [1.82, 2.24) is 4.72 Å². The first-order valence-electron chi connectivity index (χ1n) is 6.18. The van der Waals surface area contributed by atoms with Gasteiger partial charge in [0.1, 0.15) is 5.82 Å². The summed E-state index contributed by atoms with van der Waals surface area (Å²) in [5.41, 5.74) is 5.55. The van der Waals surface area contributed by atoms with Gasteiger partial charge in [0.25, 0.3) is 0 Å². The van der Waals surface area contributed by atoms with Crippen molar-refractivity contribution in [3.8, 4) is 0 Å². The Balaban J connectivity index is 2.07. The Hall–Kier alpha value is -1.40. The molecule has 3 N–H and O–H groups in total. The Labute approximate surface area is 112 Å². The van der Waals surface area contributed by atoms with Crippen molar-refractivity contribution >= 4 is 15.7 Å².